The number of aromatic nitrogens is 1. The largest absolute Gasteiger partial charge is 0.357 e. The molecule has 24 heavy (non-hydrogen) atoms. The number of guanidine groups is 1. The Morgan fingerprint density at radius 1 is 1.29 bits per heavy atom. The first-order valence-corrected chi connectivity index (χ1v) is 9.11. The number of rotatable bonds is 7. The molecule has 0 aliphatic rings. The summed E-state index contributed by atoms with van der Waals surface area (Å²) in [4.78, 5) is 10.3. The smallest absolute Gasteiger partial charge is 0.191 e. The zero-order valence-electron chi connectivity index (χ0n) is 14.0. The van der Waals surface area contributed by atoms with E-state index in [-0.39, 0.29) is 24.0 Å². The summed E-state index contributed by atoms with van der Waals surface area (Å²) >= 11 is 7.73. The molecule has 1 heterocycles. The first-order valence-electron chi connectivity index (χ1n) is 7.91. The van der Waals surface area contributed by atoms with Gasteiger partial charge in [-0.1, -0.05) is 30.7 Å². The van der Waals surface area contributed by atoms with Crippen LogP contribution < -0.4 is 10.6 Å². The van der Waals surface area contributed by atoms with E-state index in [1.807, 2.05) is 24.4 Å². The van der Waals surface area contributed by atoms with E-state index >= 15 is 0 Å². The minimum absolute atomic E-state index is 0. The summed E-state index contributed by atoms with van der Waals surface area (Å²) in [5.74, 6) is 0.822. The predicted molar refractivity (Wildman–Crippen MR) is 115 cm³/mol. The van der Waals surface area contributed by atoms with Gasteiger partial charge in [0.1, 0.15) is 5.01 Å². The Bertz CT molecular complexity index is 645. The Morgan fingerprint density at radius 2 is 2.12 bits per heavy atom. The van der Waals surface area contributed by atoms with Gasteiger partial charge in [-0.15, -0.1) is 35.3 Å². The third kappa shape index (κ3) is 7.36. The third-order valence-electron chi connectivity index (χ3n) is 3.26. The molecule has 0 spiro atoms. The molecular formula is C17H24ClIN4S. The van der Waals surface area contributed by atoms with Crippen LogP contribution in [0.25, 0.3) is 0 Å². The molecule has 0 atom stereocenters. The molecule has 0 saturated carbocycles. The van der Waals surface area contributed by atoms with E-state index in [0.29, 0.717) is 6.54 Å². The van der Waals surface area contributed by atoms with Crippen molar-refractivity contribution in [1.29, 1.82) is 0 Å². The van der Waals surface area contributed by atoms with Crippen molar-refractivity contribution in [2.45, 2.75) is 33.2 Å². The lowest BCUT2D eigenvalue weighted by Gasteiger charge is -2.11. The van der Waals surface area contributed by atoms with Crippen molar-refractivity contribution in [1.82, 2.24) is 15.6 Å². The van der Waals surface area contributed by atoms with E-state index in [0.717, 1.165) is 41.9 Å². The highest BCUT2D eigenvalue weighted by Gasteiger charge is 2.02. The van der Waals surface area contributed by atoms with Crippen LogP contribution in [0.2, 0.25) is 5.02 Å². The second-order valence-corrected chi connectivity index (χ2v) is 6.71. The van der Waals surface area contributed by atoms with Crippen LogP contribution in [-0.4, -0.2) is 24.0 Å². The normalized spacial score (nSPS) is 11.0. The lowest BCUT2D eigenvalue weighted by molar-refractivity contribution is 0.799. The molecule has 7 heteroatoms. The molecule has 0 bridgehead atoms. The number of hydrogen-bond acceptors (Lipinski definition) is 3. The molecule has 0 aliphatic carbocycles. The quantitative estimate of drug-likeness (QED) is 0.355. The van der Waals surface area contributed by atoms with Crippen molar-refractivity contribution in [2.75, 3.05) is 13.1 Å². The fourth-order valence-electron chi connectivity index (χ4n) is 2.09. The molecule has 2 rings (SSSR count). The first kappa shape index (κ1) is 21.2. The zero-order valence-corrected chi connectivity index (χ0v) is 17.9. The van der Waals surface area contributed by atoms with E-state index in [2.05, 4.69) is 40.5 Å². The maximum atomic E-state index is 6.01. The molecular weight excluding hydrogens is 455 g/mol. The number of aryl methyl sites for hydroxylation is 1. The van der Waals surface area contributed by atoms with E-state index < -0.39 is 0 Å². The Labute approximate surface area is 170 Å². The van der Waals surface area contributed by atoms with Crippen LogP contribution in [0.4, 0.5) is 0 Å². The van der Waals surface area contributed by atoms with Crippen molar-refractivity contribution in [3.05, 3.63) is 50.9 Å². The topological polar surface area (TPSA) is 49.3 Å². The Balaban J connectivity index is 0.00000288. The molecule has 4 nitrogen and oxygen atoms in total. The summed E-state index contributed by atoms with van der Waals surface area (Å²) in [6, 6.07) is 7.95. The van der Waals surface area contributed by atoms with Gasteiger partial charge in [0.05, 0.1) is 6.54 Å². The molecule has 1 aromatic carbocycles. The van der Waals surface area contributed by atoms with Gasteiger partial charge in [-0.3, -0.25) is 0 Å². The summed E-state index contributed by atoms with van der Waals surface area (Å²) in [5, 5.41) is 8.44. The van der Waals surface area contributed by atoms with Crippen molar-refractivity contribution >= 4 is 52.9 Å². The molecule has 0 amide bonds. The van der Waals surface area contributed by atoms with E-state index in [1.54, 1.807) is 11.3 Å². The summed E-state index contributed by atoms with van der Waals surface area (Å²) in [6.45, 7) is 6.46. The number of hydrogen-bond donors (Lipinski definition) is 2. The van der Waals surface area contributed by atoms with Gasteiger partial charge in [-0.05, 0) is 37.5 Å². The van der Waals surface area contributed by atoms with Gasteiger partial charge in [-0.2, -0.15) is 0 Å². The molecule has 0 fully saturated rings. The van der Waals surface area contributed by atoms with Crippen LogP contribution in [-0.2, 0) is 19.4 Å². The number of aliphatic imine (C=N–C) groups is 1. The molecule has 1 aromatic heterocycles. The van der Waals surface area contributed by atoms with Crippen LogP contribution in [0.15, 0.2) is 35.5 Å². The molecule has 0 saturated heterocycles. The van der Waals surface area contributed by atoms with Gasteiger partial charge in [0.25, 0.3) is 0 Å². The molecule has 0 unspecified atom stereocenters. The lowest BCUT2D eigenvalue weighted by Crippen LogP contribution is -2.38. The fraction of sp³-hybridized carbons (Fsp3) is 0.412. The van der Waals surface area contributed by atoms with Crippen LogP contribution in [0.3, 0.4) is 0 Å². The van der Waals surface area contributed by atoms with E-state index in [9.17, 15) is 0 Å². The highest BCUT2D eigenvalue weighted by Crippen LogP contribution is 2.14. The number of thiazole rings is 1. The average Bonchev–Trinajstić information content (AvgIpc) is 3.01. The predicted octanol–water partition coefficient (Wildman–Crippen LogP) is 4.27. The van der Waals surface area contributed by atoms with Crippen LogP contribution >= 0.6 is 46.9 Å². The third-order valence-corrected chi connectivity index (χ3v) is 4.62. The Kier molecular flexibility index (Phi) is 10.3. The lowest BCUT2D eigenvalue weighted by atomic mass is 10.1. The van der Waals surface area contributed by atoms with Gasteiger partial charge in [0.2, 0.25) is 0 Å². The van der Waals surface area contributed by atoms with Crippen LogP contribution in [0.5, 0.6) is 0 Å². The molecule has 2 aromatic rings. The van der Waals surface area contributed by atoms with Crippen molar-refractivity contribution in [2.24, 2.45) is 4.99 Å². The molecule has 132 valence electrons. The van der Waals surface area contributed by atoms with Gasteiger partial charge in [0, 0.05) is 29.2 Å². The van der Waals surface area contributed by atoms with Crippen LogP contribution in [0.1, 0.15) is 29.3 Å². The van der Waals surface area contributed by atoms with Gasteiger partial charge < -0.3 is 10.6 Å². The maximum Gasteiger partial charge on any atom is 0.191 e. The first-order chi connectivity index (χ1) is 11.2. The summed E-state index contributed by atoms with van der Waals surface area (Å²) < 4.78 is 0. The average molecular weight is 479 g/mol. The summed E-state index contributed by atoms with van der Waals surface area (Å²) in [5.41, 5.74) is 1.22. The van der Waals surface area contributed by atoms with Crippen molar-refractivity contribution in [3.8, 4) is 0 Å². The number of nitrogens with one attached hydrogen (secondary N) is 2. The van der Waals surface area contributed by atoms with Gasteiger partial charge in [-0.25, -0.2) is 9.98 Å². The number of benzene rings is 1. The Hall–Kier alpha value is -0.860. The summed E-state index contributed by atoms with van der Waals surface area (Å²) in [7, 11) is 0. The van der Waals surface area contributed by atoms with E-state index in [1.165, 1.54) is 10.4 Å². The summed E-state index contributed by atoms with van der Waals surface area (Å²) in [6.07, 6.45) is 3.87. The minimum atomic E-state index is 0. The zero-order chi connectivity index (χ0) is 16.5. The highest BCUT2D eigenvalue weighted by molar-refractivity contribution is 14.0. The second-order valence-electron chi connectivity index (χ2n) is 5.08. The fourth-order valence-corrected chi connectivity index (χ4v) is 3.09. The van der Waals surface area contributed by atoms with Crippen molar-refractivity contribution in [3.63, 3.8) is 0 Å². The minimum Gasteiger partial charge on any atom is -0.357 e. The van der Waals surface area contributed by atoms with Gasteiger partial charge in [0.15, 0.2) is 5.96 Å². The van der Waals surface area contributed by atoms with Crippen molar-refractivity contribution < 1.29 is 0 Å². The van der Waals surface area contributed by atoms with E-state index in [4.69, 9.17) is 11.6 Å². The second kappa shape index (κ2) is 11.7. The molecule has 0 radical (unpaired) electrons. The molecule has 2 N–H and O–H groups in total. The highest BCUT2D eigenvalue weighted by atomic mass is 127. The standard InChI is InChI=1S/C17H23ClN4S.HI/c1-3-15-11-21-16(23-15)12-22-17(19-4-2)20-9-8-13-6-5-7-14(18)10-13;/h5-7,10-11H,3-4,8-9,12H2,1-2H3,(H2,19,20,22);1H. The number of halogens is 2. The number of nitrogens with zero attached hydrogens (tertiary/aromatic N) is 2. The maximum absolute atomic E-state index is 6.01. The van der Waals surface area contributed by atoms with Crippen LogP contribution in [0, 0.1) is 0 Å². The SMILES string of the molecule is CCNC(=NCc1ncc(CC)s1)NCCc1cccc(Cl)c1.I. The monoisotopic (exact) mass is 478 g/mol. The van der Waals surface area contributed by atoms with Gasteiger partial charge >= 0.3 is 0 Å². The Morgan fingerprint density at radius 3 is 2.79 bits per heavy atom. The molecule has 0 aliphatic heterocycles.